The number of nitrogens with zero attached hydrogens (tertiary/aromatic N) is 2. The van der Waals surface area contributed by atoms with Gasteiger partial charge < -0.3 is 20.3 Å². The number of anilines is 1. The average Bonchev–Trinajstić information content (AvgIpc) is 3.34. The zero-order valence-corrected chi connectivity index (χ0v) is 16.6. The summed E-state index contributed by atoms with van der Waals surface area (Å²) >= 11 is 3.49. The van der Waals surface area contributed by atoms with E-state index >= 15 is 0 Å². The number of nitrogens with one attached hydrogen (secondary N) is 2. The molecule has 2 fully saturated rings. The molecule has 6 heteroatoms. The third-order valence-electron chi connectivity index (χ3n) is 4.75. The highest BCUT2D eigenvalue weighted by molar-refractivity contribution is 9.10. The summed E-state index contributed by atoms with van der Waals surface area (Å²) in [6.07, 6.45) is 4.85. The molecule has 1 aliphatic heterocycles. The Morgan fingerprint density at radius 1 is 1.28 bits per heavy atom. The fourth-order valence-electron chi connectivity index (χ4n) is 3.07. The highest BCUT2D eigenvalue weighted by atomic mass is 79.9. The van der Waals surface area contributed by atoms with E-state index in [1.807, 2.05) is 7.05 Å². The van der Waals surface area contributed by atoms with E-state index in [4.69, 9.17) is 4.74 Å². The number of ether oxygens (including phenoxy) is 1. The van der Waals surface area contributed by atoms with Crippen LogP contribution < -0.4 is 15.5 Å². The third-order valence-corrected chi connectivity index (χ3v) is 5.28. The Balaban J connectivity index is 1.33. The molecule has 0 bridgehead atoms. The summed E-state index contributed by atoms with van der Waals surface area (Å²) in [4.78, 5) is 6.77. The first-order valence-corrected chi connectivity index (χ1v) is 10.1. The molecule has 3 rings (SSSR count). The van der Waals surface area contributed by atoms with Gasteiger partial charge in [-0.05, 0) is 55.9 Å². The molecule has 2 aliphatic rings. The van der Waals surface area contributed by atoms with Gasteiger partial charge in [-0.2, -0.15) is 0 Å². The van der Waals surface area contributed by atoms with Gasteiger partial charge in [0.25, 0.3) is 0 Å². The van der Waals surface area contributed by atoms with Gasteiger partial charge in [-0.3, -0.25) is 4.99 Å². The molecule has 1 heterocycles. The summed E-state index contributed by atoms with van der Waals surface area (Å²) in [6, 6.07) is 8.97. The van der Waals surface area contributed by atoms with Gasteiger partial charge in [-0.15, -0.1) is 0 Å². The average molecular weight is 409 g/mol. The number of aliphatic imine (C=N–C) groups is 1. The summed E-state index contributed by atoms with van der Waals surface area (Å²) in [5, 5.41) is 6.94. The molecular weight excluding hydrogens is 380 g/mol. The summed E-state index contributed by atoms with van der Waals surface area (Å²) in [5.74, 6) is 1.74. The predicted octanol–water partition coefficient (Wildman–Crippen LogP) is 3.01. The van der Waals surface area contributed by atoms with Crippen molar-refractivity contribution in [3.63, 3.8) is 0 Å². The van der Waals surface area contributed by atoms with Crippen LogP contribution in [0.15, 0.2) is 33.7 Å². The van der Waals surface area contributed by atoms with Crippen molar-refractivity contribution >= 4 is 27.6 Å². The Hall–Kier alpha value is -1.27. The fraction of sp³-hybridized carbons (Fsp3) is 0.632. The summed E-state index contributed by atoms with van der Waals surface area (Å²) in [6.45, 7) is 4.76. The van der Waals surface area contributed by atoms with Crippen LogP contribution in [-0.4, -0.2) is 51.9 Å². The van der Waals surface area contributed by atoms with Gasteiger partial charge in [0.1, 0.15) is 0 Å². The van der Waals surface area contributed by atoms with Crippen molar-refractivity contribution in [3.8, 4) is 0 Å². The van der Waals surface area contributed by atoms with Crippen molar-refractivity contribution in [2.75, 3.05) is 44.8 Å². The Morgan fingerprint density at radius 3 is 2.80 bits per heavy atom. The minimum Gasteiger partial charge on any atom is -0.381 e. The van der Waals surface area contributed by atoms with Crippen molar-refractivity contribution in [1.82, 2.24) is 10.6 Å². The van der Waals surface area contributed by atoms with Crippen molar-refractivity contribution in [2.45, 2.75) is 31.7 Å². The molecule has 0 spiro atoms. The quantitative estimate of drug-likeness (QED) is 0.394. The van der Waals surface area contributed by atoms with Gasteiger partial charge in [-0.25, -0.2) is 0 Å². The maximum absolute atomic E-state index is 5.67. The van der Waals surface area contributed by atoms with Crippen molar-refractivity contribution in [1.29, 1.82) is 0 Å². The summed E-state index contributed by atoms with van der Waals surface area (Å²) in [5.41, 5.74) is 1.28. The van der Waals surface area contributed by atoms with E-state index in [0.29, 0.717) is 6.04 Å². The zero-order valence-electron chi connectivity index (χ0n) is 15.0. The number of benzene rings is 1. The van der Waals surface area contributed by atoms with Crippen molar-refractivity contribution < 1.29 is 4.74 Å². The molecule has 1 aliphatic carbocycles. The molecule has 1 unspecified atom stereocenters. The van der Waals surface area contributed by atoms with Crippen LogP contribution in [0.2, 0.25) is 0 Å². The zero-order chi connectivity index (χ0) is 17.5. The Labute approximate surface area is 159 Å². The first-order chi connectivity index (χ1) is 12.2. The number of hydrogen-bond acceptors (Lipinski definition) is 3. The monoisotopic (exact) mass is 408 g/mol. The first-order valence-electron chi connectivity index (χ1n) is 9.30. The van der Waals surface area contributed by atoms with Crippen LogP contribution >= 0.6 is 15.9 Å². The van der Waals surface area contributed by atoms with E-state index in [1.54, 1.807) is 0 Å². The van der Waals surface area contributed by atoms with Gasteiger partial charge in [0.2, 0.25) is 0 Å². The molecule has 5 nitrogen and oxygen atoms in total. The minimum absolute atomic E-state index is 0.431. The second-order valence-corrected chi connectivity index (χ2v) is 7.84. The number of guanidine groups is 1. The molecule has 25 heavy (non-hydrogen) atoms. The topological polar surface area (TPSA) is 48.9 Å². The molecule has 1 saturated carbocycles. The maximum atomic E-state index is 5.67. The smallest absolute Gasteiger partial charge is 0.191 e. The molecule has 0 radical (unpaired) electrons. The van der Waals surface area contributed by atoms with E-state index < -0.39 is 0 Å². The Kier molecular flexibility index (Phi) is 6.99. The number of rotatable bonds is 8. The Morgan fingerprint density at radius 2 is 2.08 bits per heavy atom. The van der Waals surface area contributed by atoms with Gasteiger partial charge >= 0.3 is 0 Å². The van der Waals surface area contributed by atoms with Crippen LogP contribution in [0.5, 0.6) is 0 Å². The molecule has 0 amide bonds. The molecule has 1 atom stereocenters. The molecular formula is C19H29BrN4O. The normalized spacial score (nSPS) is 20.8. The fourth-order valence-corrected chi connectivity index (χ4v) is 3.33. The van der Waals surface area contributed by atoms with Gasteiger partial charge in [0.15, 0.2) is 5.96 Å². The number of halogens is 1. The van der Waals surface area contributed by atoms with Gasteiger partial charge in [-0.1, -0.05) is 15.9 Å². The summed E-state index contributed by atoms with van der Waals surface area (Å²) in [7, 11) is 1.83. The highest BCUT2D eigenvalue weighted by Crippen LogP contribution is 2.28. The van der Waals surface area contributed by atoms with Crippen LogP contribution in [0.3, 0.4) is 0 Å². The molecule has 0 aromatic heterocycles. The maximum Gasteiger partial charge on any atom is 0.191 e. The lowest BCUT2D eigenvalue weighted by molar-refractivity contribution is 0.123. The lowest BCUT2D eigenvalue weighted by Gasteiger charge is -2.20. The van der Waals surface area contributed by atoms with Crippen LogP contribution in [-0.2, 0) is 4.74 Å². The lowest BCUT2D eigenvalue weighted by Crippen LogP contribution is -2.45. The first kappa shape index (κ1) is 18.5. The van der Waals surface area contributed by atoms with E-state index in [9.17, 15) is 0 Å². The molecule has 1 aromatic rings. The minimum atomic E-state index is 0.431. The van der Waals surface area contributed by atoms with Crippen molar-refractivity contribution in [3.05, 3.63) is 28.7 Å². The second kappa shape index (κ2) is 9.43. The molecule has 138 valence electrons. The SMILES string of the molecule is CN=C(NCCCOCC1CC1)NC1CCN(c2ccc(Br)cc2)C1. The van der Waals surface area contributed by atoms with Gasteiger partial charge in [0, 0.05) is 56.1 Å². The lowest BCUT2D eigenvalue weighted by atomic mass is 10.3. The van der Waals surface area contributed by atoms with Crippen molar-refractivity contribution in [2.24, 2.45) is 10.9 Å². The van der Waals surface area contributed by atoms with Crippen LogP contribution in [0, 0.1) is 5.92 Å². The molecule has 2 N–H and O–H groups in total. The van der Waals surface area contributed by atoms with E-state index in [1.165, 1.54) is 18.5 Å². The molecule has 1 aromatic carbocycles. The van der Waals surface area contributed by atoms with E-state index in [-0.39, 0.29) is 0 Å². The van der Waals surface area contributed by atoms with E-state index in [0.717, 1.165) is 62.0 Å². The third kappa shape index (κ3) is 6.19. The Bertz CT molecular complexity index is 559. The van der Waals surface area contributed by atoms with Crippen LogP contribution in [0.25, 0.3) is 0 Å². The van der Waals surface area contributed by atoms with Crippen LogP contribution in [0.1, 0.15) is 25.7 Å². The second-order valence-electron chi connectivity index (χ2n) is 6.92. The standard InChI is InChI=1S/C19H29BrN4O/c1-21-19(22-10-2-12-25-14-15-3-4-15)23-17-9-11-24(13-17)18-7-5-16(20)6-8-18/h5-8,15,17H,2-4,9-14H2,1H3,(H2,21,22,23). The van der Waals surface area contributed by atoms with Crippen LogP contribution in [0.4, 0.5) is 5.69 Å². The largest absolute Gasteiger partial charge is 0.381 e. The number of hydrogen-bond donors (Lipinski definition) is 2. The predicted molar refractivity (Wildman–Crippen MR) is 107 cm³/mol. The van der Waals surface area contributed by atoms with Gasteiger partial charge in [0.05, 0.1) is 0 Å². The summed E-state index contributed by atoms with van der Waals surface area (Å²) < 4.78 is 6.79. The molecule has 1 saturated heterocycles. The highest BCUT2D eigenvalue weighted by Gasteiger charge is 2.23. The van der Waals surface area contributed by atoms with E-state index in [2.05, 4.69) is 60.7 Å².